The third-order valence-electron chi connectivity index (χ3n) is 1.78. The maximum Gasteiger partial charge on any atom is 0.376 e. The first-order valence-corrected chi connectivity index (χ1v) is 4.85. The molecule has 0 aliphatic heterocycles. The standard InChI is InChI=1S/C10H15N3O2/c1-4-5-11-8-6-7(2)12-9(13-8)10(14)15-3/h6H,4-5H2,1-3H3,(H,11,12,13). The number of carbonyl (C=O) groups excluding carboxylic acids is 1. The van der Waals surface area contributed by atoms with Crippen LogP contribution in [-0.2, 0) is 4.74 Å². The lowest BCUT2D eigenvalue weighted by Gasteiger charge is -2.06. The van der Waals surface area contributed by atoms with E-state index in [2.05, 4.69) is 26.9 Å². The van der Waals surface area contributed by atoms with Gasteiger partial charge in [0.2, 0.25) is 5.82 Å². The van der Waals surface area contributed by atoms with Crippen LogP contribution in [-0.4, -0.2) is 29.6 Å². The molecule has 5 nitrogen and oxygen atoms in total. The second kappa shape index (κ2) is 5.29. The number of rotatable bonds is 4. The number of nitrogens with one attached hydrogen (secondary N) is 1. The normalized spacial score (nSPS) is 9.80. The van der Waals surface area contributed by atoms with Crippen molar-refractivity contribution in [2.45, 2.75) is 20.3 Å². The van der Waals surface area contributed by atoms with E-state index in [0.29, 0.717) is 5.82 Å². The Kier molecular flexibility index (Phi) is 4.03. The number of aromatic nitrogens is 2. The molecule has 0 fully saturated rings. The number of esters is 1. The molecule has 0 radical (unpaired) electrons. The summed E-state index contributed by atoms with van der Waals surface area (Å²) in [6.45, 7) is 4.69. The highest BCUT2D eigenvalue weighted by Crippen LogP contribution is 2.06. The van der Waals surface area contributed by atoms with Gasteiger partial charge in [-0.3, -0.25) is 0 Å². The zero-order valence-corrected chi connectivity index (χ0v) is 9.20. The zero-order chi connectivity index (χ0) is 11.3. The summed E-state index contributed by atoms with van der Waals surface area (Å²) in [6, 6.07) is 1.79. The largest absolute Gasteiger partial charge is 0.463 e. The molecule has 0 aliphatic carbocycles. The Bertz CT molecular complexity index is 353. The van der Waals surface area contributed by atoms with Gasteiger partial charge in [0.15, 0.2) is 0 Å². The van der Waals surface area contributed by atoms with E-state index in [9.17, 15) is 4.79 Å². The van der Waals surface area contributed by atoms with Gasteiger partial charge in [-0.05, 0) is 13.3 Å². The van der Waals surface area contributed by atoms with Crippen LogP contribution in [0.15, 0.2) is 6.07 Å². The minimum absolute atomic E-state index is 0.0936. The topological polar surface area (TPSA) is 64.1 Å². The van der Waals surface area contributed by atoms with Crippen LogP contribution in [0.1, 0.15) is 29.7 Å². The molecule has 0 aromatic carbocycles. The van der Waals surface area contributed by atoms with E-state index in [1.54, 1.807) is 6.07 Å². The van der Waals surface area contributed by atoms with Crippen molar-refractivity contribution >= 4 is 11.8 Å². The lowest BCUT2D eigenvalue weighted by atomic mass is 10.4. The maximum absolute atomic E-state index is 11.2. The van der Waals surface area contributed by atoms with Gasteiger partial charge in [0.05, 0.1) is 7.11 Å². The molecule has 0 aliphatic rings. The van der Waals surface area contributed by atoms with Crippen molar-refractivity contribution in [3.8, 4) is 0 Å². The summed E-state index contributed by atoms with van der Waals surface area (Å²) >= 11 is 0. The van der Waals surface area contributed by atoms with Crippen molar-refractivity contribution in [2.75, 3.05) is 19.0 Å². The summed E-state index contributed by atoms with van der Waals surface area (Å²) in [4.78, 5) is 19.2. The average molecular weight is 209 g/mol. The van der Waals surface area contributed by atoms with Crippen LogP contribution >= 0.6 is 0 Å². The number of nitrogens with zero attached hydrogens (tertiary/aromatic N) is 2. The van der Waals surface area contributed by atoms with Crippen molar-refractivity contribution in [3.63, 3.8) is 0 Å². The molecule has 1 heterocycles. The fraction of sp³-hybridized carbons (Fsp3) is 0.500. The molecular formula is C10H15N3O2. The molecule has 15 heavy (non-hydrogen) atoms. The number of hydrogen-bond acceptors (Lipinski definition) is 5. The summed E-state index contributed by atoms with van der Waals surface area (Å²) in [6.07, 6.45) is 0.997. The lowest BCUT2D eigenvalue weighted by Crippen LogP contribution is -2.11. The van der Waals surface area contributed by atoms with Gasteiger partial charge in [-0.15, -0.1) is 0 Å². The Morgan fingerprint density at radius 3 is 2.87 bits per heavy atom. The molecule has 0 spiro atoms. The first kappa shape index (κ1) is 11.4. The Balaban J connectivity index is 2.89. The maximum atomic E-state index is 11.2. The second-order valence-corrected chi connectivity index (χ2v) is 3.14. The van der Waals surface area contributed by atoms with Gasteiger partial charge >= 0.3 is 5.97 Å². The molecule has 0 amide bonds. The summed E-state index contributed by atoms with van der Waals surface area (Å²) in [5.41, 5.74) is 0.740. The van der Waals surface area contributed by atoms with Crippen LogP contribution in [0, 0.1) is 6.92 Å². The van der Waals surface area contributed by atoms with Crippen molar-refractivity contribution < 1.29 is 9.53 Å². The third-order valence-corrected chi connectivity index (χ3v) is 1.78. The predicted octanol–water partition coefficient (Wildman–Crippen LogP) is 1.39. The monoisotopic (exact) mass is 209 g/mol. The number of hydrogen-bond donors (Lipinski definition) is 1. The van der Waals surface area contributed by atoms with E-state index in [0.717, 1.165) is 18.7 Å². The molecule has 1 aromatic heterocycles. The predicted molar refractivity (Wildman–Crippen MR) is 56.9 cm³/mol. The molecule has 1 aromatic rings. The molecule has 5 heteroatoms. The van der Waals surface area contributed by atoms with E-state index in [1.165, 1.54) is 7.11 Å². The third kappa shape index (κ3) is 3.19. The number of carbonyl (C=O) groups is 1. The van der Waals surface area contributed by atoms with Gasteiger partial charge in [-0.25, -0.2) is 14.8 Å². The van der Waals surface area contributed by atoms with E-state index in [1.807, 2.05) is 6.92 Å². The zero-order valence-electron chi connectivity index (χ0n) is 9.20. The van der Waals surface area contributed by atoms with Gasteiger partial charge in [0.1, 0.15) is 5.82 Å². The van der Waals surface area contributed by atoms with Crippen LogP contribution in [0.3, 0.4) is 0 Å². The number of aryl methyl sites for hydroxylation is 1. The second-order valence-electron chi connectivity index (χ2n) is 3.14. The summed E-state index contributed by atoms with van der Waals surface area (Å²) in [7, 11) is 1.31. The van der Waals surface area contributed by atoms with Crippen molar-refractivity contribution in [1.29, 1.82) is 0 Å². The fourth-order valence-electron chi connectivity index (χ4n) is 1.09. The molecule has 0 saturated carbocycles. The molecule has 0 bridgehead atoms. The van der Waals surface area contributed by atoms with Crippen molar-refractivity contribution in [2.24, 2.45) is 0 Å². The molecule has 82 valence electrons. The van der Waals surface area contributed by atoms with Crippen LogP contribution in [0.5, 0.6) is 0 Å². The van der Waals surface area contributed by atoms with E-state index >= 15 is 0 Å². The SMILES string of the molecule is CCCNc1cc(C)nc(C(=O)OC)n1. The molecule has 0 saturated heterocycles. The Morgan fingerprint density at radius 2 is 2.27 bits per heavy atom. The molecule has 1 N–H and O–H groups in total. The quantitative estimate of drug-likeness (QED) is 0.759. The Hall–Kier alpha value is -1.65. The van der Waals surface area contributed by atoms with Gasteiger partial charge in [-0.2, -0.15) is 0 Å². The highest BCUT2D eigenvalue weighted by Gasteiger charge is 2.10. The number of ether oxygens (including phenoxy) is 1. The summed E-state index contributed by atoms with van der Waals surface area (Å²) in [5.74, 6) is 0.235. The minimum atomic E-state index is -0.516. The van der Waals surface area contributed by atoms with E-state index < -0.39 is 5.97 Å². The van der Waals surface area contributed by atoms with Gasteiger partial charge in [-0.1, -0.05) is 6.92 Å². The molecule has 0 unspecified atom stereocenters. The summed E-state index contributed by atoms with van der Waals surface area (Å²) < 4.78 is 4.56. The molecule has 1 rings (SSSR count). The molecule has 0 atom stereocenters. The smallest absolute Gasteiger partial charge is 0.376 e. The highest BCUT2D eigenvalue weighted by molar-refractivity contribution is 5.85. The van der Waals surface area contributed by atoms with Crippen molar-refractivity contribution in [3.05, 3.63) is 17.6 Å². The minimum Gasteiger partial charge on any atom is -0.463 e. The first-order valence-electron chi connectivity index (χ1n) is 4.85. The van der Waals surface area contributed by atoms with E-state index in [4.69, 9.17) is 0 Å². The Labute approximate surface area is 88.9 Å². The van der Waals surface area contributed by atoms with Gasteiger partial charge < -0.3 is 10.1 Å². The number of methoxy groups -OCH3 is 1. The summed E-state index contributed by atoms with van der Waals surface area (Å²) in [5, 5.41) is 3.10. The Morgan fingerprint density at radius 1 is 1.53 bits per heavy atom. The van der Waals surface area contributed by atoms with E-state index in [-0.39, 0.29) is 5.82 Å². The van der Waals surface area contributed by atoms with Crippen LogP contribution in [0.2, 0.25) is 0 Å². The lowest BCUT2D eigenvalue weighted by molar-refractivity contribution is 0.0586. The number of anilines is 1. The average Bonchev–Trinajstić information content (AvgIpc) is 2.24. The van der Waals surface area contributed by atoms with Crippen LogP contribution < -0.4 is 5.32 Å². The highest BCUT2D eigenvalue weighted by atomic mass is 16.5. The van der Waals surface area contributed by atoms with Crippen molar-refractivity contribution in [1.82, 2.24) is 9.97 Å². The fourth-order valence-corrected chi connectivity index (χ4v) is 1.09. The van der Waals surface area contributed by atoms with Crippen LogP contribution in [0.4, 0.5) is 5.82 Å². The van der Waals surface area contributed by atoms with Gasteiger partial charge in [0.25, 0.3) is 0 Å². The van der Waals surface area contributed by atoms with Gasteiger partial charge in [0, 0.05) is 18.3 Å². The van der Waals surface area contributed by atoms with Crippen LogP contribution in [0.25, 0.3) is 0 Å². The first-order chi connectivity index (χ1) is 7.17. The molecular weight excluding hydrogens is 194 g/mol.